The number of nitrogens with one attached hydrogen (secondary N) is 1. The fourth-order valence-electron chi connectivity index (χ4n) is 4.74. The Morgan fingerprint density at radius 2 is 1.84 bits per heavy atom. The number of amides is 3. The molecule has 2 N–H and O–H groups in total. The van der Waals surface area contributed by atoms with Gasteiger partial charge in [0.1, 0.15) is 5.41 Å². The number of hydrogen-bond donors (Lipinski definition) is 2. The van der Waals surface area contributed by atoms with E-state index in [2.05, 4.69) is 5.32 Å². The zero-order chi connectivity index (χ0) is 17.6. The largest absolute Gasteiger partial charge is 0.481 e. The van der Waals surface area contributed by atoms with Crippen LogP contribution in [0.15, 0.2) is 0 Å². The van der Waals surface area contributed by atoms with E-state index in [9.17, 15) is 19.5 Å². The molecule has 0 aromatic rings. The van der Waals surface area contributed by atoms with Crippen LogP contribution >= 0.6 is 0 Å². The van der Waals surface area contributed by atoms with E-state index < -0.39 is 17.3 Å². The Labute approximate surface area is 147 Å². The van der Waals surface area contributed by atoms with Gasteiger partial charge in [-0.25, -0.2) is 4.79 Å². The Morgan fingerprint density at radius 1 is 1.12 bits per heavy atom. The third-order valence-corrected chi connectivity index (χ3v) is 6.45. The predicted molar refractivity (Wildman–Crippen MR) is 89.8 cm³/mol. The first-order valence-electron chi connectivity index (χ1n) is 9.57. The van der Waals surface area contributed by atoms with Gasteiger partial charge in [-0.1, -0.05) is 19.3 Å². The standard InChI is InChI=1S/C18H27N3O4/c22-15-14-9-21(17(25)19-13-4-2-1-3-5-13)11-18(14,16(23)24)10-20(15)8-12-6-7-12/h12-14H,1-11H2,(H,19,25)(H,23,24)/t14-,18+/m0/s1. The van der Waals surface area contributed by atoms with Crippen LogP contribution in [0.25, 0.3) is 0 Å². The van der Waals surface area contributed by atoms with Crippen molar-refractivity contribution < 1.29 is 19.5 Å². The third kappa shape index (κ3) is 2.98. The molecule has 7 heteroatoms. The molecule has 2 atom stereocenters. The quantitative estimate of drug-likeness (QED) is 0.800. The van der Waals surface area contributed by atoms with Crippen molar-refractivity contribution in [2.45, 2.75) is 51.0 Å². The highest BCUT2D eigenvalue weighted by Crippen LogP contribution is 2.45. The van der Waals surface area contributed by atoms with Gasteiger partial charge in [-0.15, -0.1) is 0 Å². The summed E-state index contributed by atoms with van der Waals surface area (Å²) in [7, 11) is 0. The van der Waals surface area contributed by atoms with Crippen molar-refractivity contribution in [2.24, 2.45) is 17.3 Å². The number of likely N-dealkylation sites (tertiary alicyclic amines) is 2. The van der Waals surface area contributed by atoms with E-state index in [-0.39, 0.29) is 37.6 Å². The van der Waals surface area contributed by atoms with Crippen LogP contribution in [0.2, 0.25) is 0 Å². The molecule has 2 aliphatic carbocycles. The Bertz CT molecular complexity index is 585. The molecular formula is C18H27N3O4. The lowest BCUT2D eigenvalue weighted by Gasteiger charge is -2.28. The summed E-state index contributed by atoms with van der Waals surface area (Å²) in [5.41, 5.74) is -1.13. The van der Waals surface area contributed by atoms with Gasteiger partial charge in [0, 0.05) is 32.2 Å². The highest BCUT2D eigenvalue weighted by Gasteiger charge is 2.63. The first-order chi connectivity index (χ1) is 12.0. The minimum Gasteiger partial charge on any atom is -0.481 e. The molecule has 0 radical (unpaired) electrons. The molecule has 0 unspecified atom stereocenters. The van der Waals surface area contributed by atoms with Crippen molar-refractivity contribution in [3.63, 3.8) is 0 Å². The number of rotatable bonds is 4. The summed E-state index contributed by atoms with van der Waals surface area (Å²) < 4.78 is 0. The summed E-state index contributed by atoms with van der Waals surface area (Å²) >= 11 is 0. The number of hydrogen-bond acceptors (Lipinski definition) is 3. The number of carbonyl (C=O) groups excluding carboxylic acids is 2. The predicted octanol–water partition coefficient (Wildman–Crippen LogP) is 1.28. The van der Waals surface area contributed by atoms with Crippen molar-refractivity contribution >= 4 is 17.9 Å². The fraction of sp³-hybridized carbons (Fsp3) is 0.833. The van der Waals surface area contributed by atoms with E-state index in [1.165, 1.54) is 6.42 Å². The second-order valence-corrected chi connectivity index (χ2v) is 8.34. The molecule has 2 saturated heterocycles. The van der Waals surface area contributed by atoms with Crippen LogP contribution in [0.5, 0.6) is 0 Å². The molecule has 25 heavy (non-hydrogen) atoms. The van der Waals surface area contributed by atoms with E-state index in [0.717, 1.165) is 38.5 Å². The molecule has 0 aromatic carbocycles. The van der Waals surface area contributed by atoms with Gasteiger partial charge in [0.15, 0.2) is 0 Å². The van der Waals surface area contributed by atoms with Gasteiger partial charge in [0.2, 0.25) is 5.91 Å². The minimum absolute atomic E-state index is 0.0812. The van der Waals surface area contributed by atoms with Gasteiger partial charge >= 0.3 is 12.0 Å². The van der Waals surface area contributed by atoms with E-state index in [4.69, 9.17) is 0 Å². The van der Waals surface area contributed by atoms with Gasteiger partial charge in [-0.3, -0.25) is 9.59 Å². The molecule has 3 amide bonds. The molecule has 2 heterocycles. The van der Waals surface area contributed by atoms with E-state index in [1.54, 1.807) is 9.80 Å². The van der Waals surface area contributed by atoms with Crippen LogP contribution in [0, 0.1) is 17.3 Å². The fourth-order valence-corrected chi connectivity index (χ4v) is 4.74. The van der Waals surface area contributed by atoms with Crippen molar-refractivity contribution in [3.8, 4) is 0 Å². The maximum absolute atomic E-state index is 12.7. The first kappa shape index (κ1) is 16.7. The molecule has 4 fully saturated rings. The van der Waals surface area contributed by atoms with Gasteiger partial charge in [-0.2, -0.15) is 0 Å². The lowest BCUT2D eigenvalue weighted by Crippen LogP contribution is -2.47. The smallest absolute Gasteiger partial charge is 0.317 e. The molecule has 4 rings (SSSR count). The SMILES string of the molecule is O=C(NC1CCCCC1)N1C[C@H]2C(=O)N(CC3CC3)C[C@@]2(C(=O)O)C1. The van der Waals surface area contributed by atoms with Crippen molar-refractivity contribution in [1.82, 2.24) is 15.1 Å². The van der Waals surface area contributed by atoms with Crippen LogP contribution in [0.1, 0.15) is 44.9 Å². The van der Waals surface area contributed by atoms with Crippen molar-refractivity contribution in [1.29, 1.82) is 0 Å². The Kier molecular flexibility index (Phi) is 4.12. The van der Waals surface area contributed by atoms with Crippen LogP contribution in [-0.4, -0.2) is 65.0 Å². The molecule has 7 nitrogen and oxygen atoms in total. The lowest BCUT2D eigenvalue weighted by atomic mass is 9.81. The Morgan fingerprint density at radius 3 is 2.44 bits per heavy atom. The van der Waals surface area contributed by atoms with Gasteiger partial charge in [0.05, 0.1) is 5.92 Å². The number of carboxylic acids is 1. The summed E-state index contributed by atoms with van der Waals surface area (Å²) in [4.78, 5) is 40.6. The van der Waals surface area contributed by atoms with Crippen molar-refractivity contribution in [2.75, 3.05) is 26.2 Å². The van der Waals surface area contributed by atoms with Gasteiger partial charge < -0.3 is 20.2 Å². The molecule has 2 aliphatic heterocycles. The topological polar surface area (TPSA) is 90.0 Å². The molecule has 0 aromatic heterocycles. The second-order valence-electron chi connectivity index (χ2n) is 8.34. The summed E-state index contributed by atoms with van der Waals surface area (Å²) in [5, 5.41) is 12.9. The summed E-state index contributed by atoms with van der Waals surface area (Å²) in [6.45, 7) is 1.29. The number of carbonyl (C=O) groups is 3. The number of nitrogens with zero attached hydrogens (tertiary/aromatic N) is 2. The van der Waals surface area contributed by atoms with E-state index in [0.29, 0.717) is 12.5 Å². The molecular weight excluding hydrogens is 322 g/mol. The minimum atomic E-state index is -1.13. The number of carboxylic acid groups (broad SMARTS) is 1. The van der Waals surface area contributed by atoms with Crippen molar-refractivity contribution in [3.05, 3.63) is 0 Å². The van der Waals surface area contributed by atoms with Crippen LogP contribution in [0.3, 0.4) is 0 Å². The van der Waals surface area contributed by atoms with Crippen LogP contribution < -0.4 is 5.32 Å². The maximum Gasteiger partial charge on any atom is 0.317 e. The number of urea groups is 1. The van der Waals surface area contributed by atoms with Crippen LogP contribution in [0.4, 0.5) is 4.79 Å². The molecule has 2 saturated carbocycles. The van der Waals surface area contributed by atoms with Crippen LogP contribution in [-0.2, 0) is 9.59 Å². The third-order valence-electron chi connectivity index (χ3n) is 6.45. The zero-order valence-corrected chi connectivity index (χ0v) is 14.6. The Balaban J connectivity index is 1.43. The monoisotopic (exact) mass is 349 g/mol. The highest BCUT2D eigenvalue weighted by atomic mass is 16.4. The maximum atomic E-state index is 12.7. The first-order valence-corrected chi connectivity index (χ1v) is 9.57. The number of fused-ring (bicyclic) bond motifs is 1. The van der Waals surface area contributed by atoms with Gasteiger partial charge in [0.25, 0.3) is 0 Å². The molecule has 0 spiro atoms. The average Bonchev–Trinajstić information content (AvgIpc) is 3.25. The van der Waals surface area contributed by atoms with E-state index in [1.807, 2.05) is 0 Å². The second kappa shape index (κ2) is 6.18. The van der Waals surface area contributed by atoms with Gasteiger partial charge in [-0.05, 0) is 31.6 Å². The highest BCUT2D eigenvalue weighted by molar-refractivity contribution is 5.93. The molecule has 4 aliphatic rings. The summed E-state index contributed by atoms with van der Waals surface area (Å²) in [6.07, 6.45) is 7.70. The van der Waals surface area contributed by atoms with E-state index >= 15 is 0 Å². The number of aliphatic carboxylic acids is 1. The zero-order valence-electron chi connectivity index (χ0n) is 14.6. The Hall–Kier alpha value is -1.79. The molecule has 0 bridgehead atoms. The molecule has 138 valence electrons. The average molecular weight is 349 g/mol. The normalized spacial score (nSPS) is 32.8. The lowest BCUT2D eigenvalue weighted by molar-refractivity contribution is -0.149. The summed E-state index contributed by atoms with van der Waals surface area (Å²) in [5.74, 6) is -1.08. The summed E-state index contributed by atoms with van der Waals surface area (Å²) in [6, 6.07) is -0.0204.